The maximum Gasteiger partial charge on any atom is 0.0517 e. The second kappa shape index (κ2) is 5.66. The third-order valence-electron chi connectivity index (χ3n) is 2.65. The lowest BCUT2D eigenvalue weighted by Crippen LogP contribution is -2.32. The minimum Gasteiger partial charge on any atom is -0.311 e. The van der Waals surface area contributed by atoms with Crippen LogP contribution in [0.4, 0.5) is 5.69 Å². The molecular formula is C12H20N2. The monoisotopic (exact) mass is 192 g/mol. The van der Waals surface area contributed by atoms with Gasteiger partial charge in [0.2, 0.25) is 0 Å². The van der Waals surface area contributed by atoms with E-state index < -0.39 is 0 Å². The summed E-state index contributed by atoms with van der Waals surface area (Å²) in [6, 6.07) is 10.1. The van der Waals surface area contributed by atoms with Crippen molar-refractivity contribution in [3.05, 3.63) is 30.3 Å². The van der Waals surface area contributed by atoms with Gasteiger partial charge in [-0.15, -0.1) is 0 Å². The summed E-state index contributed by atoms with van der Waals surface area (Å²) in [6.07, 6.45) is 2.38. The van der Waals surface area contributed by atoms with Gasteiger partial charge in [-0.2, -0.15) is 0 Å². The summed E-state index contributed by atoms with van der Waals surface area (Å²) in [6.45, 7) is 5.41. The standard InChI is InChI=1S/C12H20N2/c1-3-11(2)9-10-14(13)12-7-5-4-6-8-12/h4-8,11H,3,9-10,13H2,1-2H3. The smallest absolute Gasteiger partial charge is 0.0517 e. The Morgan fingerprint density at radius 1 is 1.29 bits per heavy atom. The molecule has 0 radical (unpaired) electrons. The molecule has 1 atom stereocenters. The highest BCUT2D eigenvalue weighted by atomic mass is 15.4. The molecule has 0 aliphatic heterocycles. The van der Waals surface area contributed by atoms with Gasteiger partial charge in [0.05, 0.1) is 5.69 Å². The first kappa shape index (κ1) is 11.1. The molecule has 1 unspecified atom stereocenters. The van der Waals surface area contributed by atoms with E-state index in [2.05, 4.69) is 13.8 Å². The summed E-state index contributed by atoms with van der Waals surface area (Å²) in [5.41, 5.74) is 1.09. The molecule has 78 valence electrons. The van der Waals surface area contributed by atoms with E-state index in [9.17, 15) is 0 Å². The van der Waals surface area contributed by atoms with E-state index in [0.717, 1.165) is 24.6 Å². The van der Waals surface area contributed by atoms with Gasteiger partial charge in [-0.25, -0.2) is 5.84 Å². The highest BCUT2D eigenvalue weighted by molar-refractivity contribution is 5.43. The van der Waals surface area contributed by atoms with Crippen LogP contribution in [0.1, 0.15) is 26.7 Å². The van der Waals surface area contributed by atoms with E-state index in [1.807, 2.05) is 35.3 Å². The van der Waals surface area contributed by atoms with Crippen molar-refractivity contribution in [1.82, 2.24) is 0 Å². The molecule has 1 rings (SSSR count). The van der Waals surface area contributed by atoms with Gasteiger partial charge in [-0.3, -0.25) is 0 Å². The van der Waals surface area contributed by atoms with Crippen molar-refractivity contribution >= 4 is 5.69 Å². The Bertz CT molecular complexity index is 246. The average molecular weight is 192 g/mol. The first-order valence-corrected chi connectivity index (χ1v) is 5.31. The Morgan fingerprint density at radius 2 is 1.93 bits per heavy atom. The minimum atomic E-state index is 0.754. The fourth-order valence-electron chi connectivity index (χ4n) is 1.31. The largest absolute Gasteiger partial charge is 0.311 e. The Balaban J connectivity index is 2.39. The van der Waals surface area contributed by atoms with Crippen LogP contribution in [0.5, 0.6) is 0 Å². The van der Waals surface area contributed by atoms with Gasteiger partial charge < -0.3 is 5.01 Å². The first-order valence-electron chi connectivity index (χ1n) is 5.31. The van der Waals surface area contributed by atoms with E-state index in [0.29, 0.717) is 0 Å². The fourth-order valence-corrected chi connectivity index (χ4v) is 1.31. The summed E-state index contributed by atoms with van der Waals surface area (Å²) < 4.78 is 0. The van der Waals surface area contributed by atoms with Crippen LogP contribution >= 0.6 is 0 Å². The number of nitrogens with two attached hydrogens (primary N) is 1. The Morgan fingerprint density at radius 3 is 2.50 bits per heavy atom. The van der Waals surface area contributed by atoms with Gasteiger partial charge >= 0.3 is 0 Å². The van der Waals surface area contributed by atoms with Crippen LogP contribution in [0.3, 0.4) is 0 Å². The predicted molar refractivity (Wildman–Crippen MR) is 62.0 cm³/mol. The first-order chi connectivity index (χ1) is 6.74. The zero-order valence-electron chi connectivity index (χ0n) is 9.11. The van der Waals surface area contributed by atoms with Crippen LogP contribution in [-0.4, -0.2) is 6.54 Å². The quantitative estimate of drug-likeness (QED) is 0.574. The molecule has 0 bridgehead atoms. The number of anilines is 1. The molecule has 0 saturated carbocycles. The molecule has 0 aliphatic rings. The van der Waals surface area contributed by atoms with Crippen molar-refractivity contribution < 1.29 is 0 Å². The van der Waals surface area contributed by atoms with E-state index in [1.165, 1.54) is 6.42 Å². The normalized spacial score (nSPS) is 12.5. The zero-order valence-corrected chi connectivity index (χ0v) is 9.11. The fraction of sp³-hybridized carbons (Fsp3) is 0.500. The molecule has 0 spiro atoms. The molecule has 2 heteroatoms. The van der Waals surface area contributed by atoms with Gasteiger partial charge in [0.1, 0.15) is 0 Å². The second-order valence-corrected chi connectivity index (χ2v) is 3.83. The summed E-state index contributed by atoms with van der Waals surface area (Å²) in [5, 5.41) is 1.83. The van der Waals surface area contributed by atoms with E-state index in [1.54, 1.807) is 0 Å². The van der Waals surface area contributed by atoms with Crippen LogP contribution in [0.15, 0.2) is 30.3 Å². The number of hydrogen-bond donors (Lipinski definition) is 1. The van der Waals surface area contributed by atoms with Crippen molar-refractivity contribution in [2.75, 3.05) is 11.6 Å². The lowest BCUT2D eigenvalue weighted by Gasteiger charge is -2.20. The number of hydrogen-bond acceptors (Lipinski definition) is 2. The van der Waals surface area contributed by atoms with E-state index in [4.69, 9.17) is 5.84 Å². The molecule has 0 aliphatic carbocycles. The number of rotatable bonds is 5. The van der Waals surface area contributed by atoms with Gasteiger partial charge in [0.15, 0.2) is 0 Å². The summed E-state index contributed by atoms with van der Waals surface area (Å²) in [5.74, 6) is 6.69. The highest BCUT2D eigenvalue weighted by Gasteiger charge is 2.03. The van der Waals surface area contributed by atoms with Crippen LogP contribution in [0.25, 0.3) is 0 Å². The summed E-state index contributed by atoms with van der Waals surface area (Å²) >= 11 is 0. The third-order valence-corrected chi connectivity index (χ3v) is 2.65. The zero-order chi connectivity index (χ0) is 10.4. The predicted octanol–water partition coefficient (Wildman–Crippen LogP) is 2.80. The minimum absolute atomic E-state index is 0.754. The van der Waals surface area contributed by atoms with Crippen LogP contribution in [0.2, 0.25) is 0 Å². The third kappa shape index (κ3) is 3.38. The number of nitrogens with zero attached hydrogens (tertiary/aromatic N) is 1. The van der Waals surface area contributed by atoms with Crippen LogP contribution in [0, 0.1) is 5.92 Å². The van der Waals surface area contributed by atoms with Crippen molar-refractivity contribution in [3.8, 4) is 0 Å². The molecular weight excluding hydrogens is 172 g/mol. The maximum atomic E-state index is 5.93. The SMILES string of the molecule is CCC(C)CCN(N)c1ccccc1. The Kier molecular flexibility index (Phi) is 4.47. The van der Waals surface area contributed by atoms with Crippen molar-refractivity contribution in [2.45, 2.75) is 26.7 Å². The molecule has 0 heterocycles. The highest BCUT2D eigenvalue weighted by Crippen LogP contribution is 2.12. The molecule has 1 aromatic rings. The van der Waals surface area contributed by atoms with Crippen LogP contribution < -0.4 is 10.9 Å². The second-order valence-electron chi connectivity index (χ2n) is 3.83. The molecule has 0 amide bonds. The molecule has 2 N–H and O–H groups in total. The van der Waals surface area contributed by atoms with Gasteiger partial charge in [0, 0.05) is 6.54 Å². The number of benzene rings is 1. The average Bonchev–Trinajstić information content (AvgIpc) is 2.26. The lowest BCUT2D eigenvalue weighted by atomic mass is 10.1. The van der Waals surface area contributed by atoms with Crippen molar-refractivity contribution in [2.24, 2.45) is 11.8 Å². The molecule has 0 aromatic heterocycles. The van der Waals surface area contributed by atoms with Crippen LogP contribution in [-0.2, 0) is 0 Å². The Labute approximate surface area is 86.7 Å². The lowest BCUT2D eigenvalue weighted by molar-refractivity contribution is 0.513. The van der Waals surface area contributed by atoms with Crippen molar-refractivity contribution in [1.29, 1.82) is 0 Å². The van der Waals surface area contributed by atoms with Gasteiger partial charge in [0.25, 0.3) is 0 Å². The maximum absolute atomic E-state index is 5.93. The Hall–Kier alpha value is -1.02. The molecule has 0 saturated heterocycles. The molecule has 1 aromatic carbocycles. The van der Waals surface area contributed by atoms with Gasteiger partial charge in [-0.05, 0) is 24.5 Å². The molecule has 2 nitrogen and oxygen atoms in total. The van der Waals surface area contributed by atoms with E-state index in [-0.39, 0.29) is 0 Å². The van der Waals surface area contributed by atoms with Crippen molar-refractivity contribution in [3.63, 3.8) is 0 Å². The molecule has 0 fully saturated rings. The summed E-state index contributed by atoms with van der Waals surface area (Å²) in [4.78, 5) is 0. The number of para-hydroxylation sites is 1. The summed E-state index contributed by atoms with van der Waals surface area (Å²) in [7, 11) is 0. The molecule has 14 heavy (non-hydrogen) atoms. The van der Waals surface area contributed by atoms with Gasteiger partial charge in [-0.1, -0.05) is 38.5 Å². The number of hydrazine groups is 1. The topological polar surface area (TPSA) is 29.3 Å². The van der Waals surface area contributed by atoms with E-state index >= 15 is 0 Å².